The van der Waals surface area contributed by atoms with Crippen LogP contribution in [-0.2, 0) is 13.0 Å². The number of nitrogens with zero attached hydrogens (tertiary/aromatic N) is 3. The highest BCUT2D eigenvalue weighted by molar-refractivity contribution is 9.10. The molecule has 1 aliphatic heterocycles. The maximum atomic E-state index is 5.36. The van der Waals surface area contributed by atoms with Crippen LogP contribution in [0.3, 0.4) is 0 Å². The van der Waals surface area contributed by atoms with Crippen molar-refractivity contribution in [2.24, 2.45) is 0 Å². The first-order valence-corrected chi connectivity index (χ1v) is 8.35. The molecule has 2 aromatic carbocycles. The van der Waals surface area contributed by atoms with Gasteiger partial charge < -0.3 is 9.64 Å². The lowest BCUT2D eigenvalue weighted by Crippen LogP contribution is -2.31. The fourth-order valence-electron chi connectivity index (χ4n) is 3.11. The molecule has 4 nitrogen and oxygen atoms in total. The number of hydrogen-bond acceptors (Lipinski definition) is 4. The number of rotatable bonds is 2. The number of aromatic nitrogens is 2. The number of fused-ring (bicyclic) bond motifs is 2. The molecule has 3 aromatic rings. The van der Waals surface area contributed by atoms with Gasteiger partial charge in [0.05, 0.1) is 12.6 Å². The minimum absolute atomic E-state index is 0.838. The molecule has 4 rings (SSSR count). The second-order valence-corrected chi connectivity index (χ2v) is 6.58. The number of methoxy groups -OCH3 is 1. The summed E-state index contributed by atoms with van der Waals surface area (Å²) in [6.07, 6.45) is 2.66. The van der Waals surface area contributed by atoms with Crippen LogP contribution in [0.1, 0.15) is 11.1 Å². The zero-order chi connectivity index (χ0) is 15.8. The predicted octanol–water partition coefficient (Wildman–Crippen LogP) is 3.96. The fourth-order valence-corrected chi connectivity index (χ4v) is 3.47. The minimum Gasteiger partial charge on any atom is -0.497 e. The van der Waals surface area contributed by atoms with E-state index in [4.69, 9.17) is 4.74 Å². The molecule has 0 saturated carbocycles. The van der Waals surface area contributed by atoms with E-state index in [9.17, 15) is 0 Å². The summed E-state index contributed by atoms with van der Waals surface area (Å²) in [5, 5.41) is 1.08. The lowest BCUT2D eigenvalue weighted by molar-refractivity contribution is 0.413. The molecule has 0 spiro atoms. The van der Waals surface area contributed by atoms with Gasteiger partial charge in [-0.1, -0.05) is 22.0 Å². The summed E-state index contributed by atoms with van der Waals surface area (Å²) in [6, 6.07) is 12.4. The van der Waals surface area contributed by atoms with Crippen molar-refractivity contribution in [3.63, 3.8) is 0 Å². The molecular weight excluding hydrogens is 354 g/mol. The van der Waals surface area contributed by atoms with E-state index >= 15 is 0 Å². The zero-order valence-electron chi connectivity index (χ0n) is 12.8. The Kier molecular flexibility index (Phi) is 3.65. The van der Waals surface area contributed by atoms with Crippen molar-refractivity contribution >= 4 is 32.7 Å². The molecule has 23 heavy (non-hydrogen) atoms. The predicted molar refractivity (Wildman–Crippen MR) is 95.0 cm³/mol. The van der Waals surface area contributed by atoms with Gasteiger partial charge in [-0.05, 0) is 47.9 Å². The van der Waals surface area contributed by atoms with E-state index in [0.717, 1.165) is 46.5 Å². The van der Waals surface area contributed by atoms with Gasteiger partial charge in [0.2, 0.25) is 0 Å². The Balaban J connectivity index is 1.76. The standard InChI is InChI=1S/C18H16BrN3O/c1-23-15-4-2-12-6-7-22(10-13(12)8-15)18-16-9-14(19)3-5-17(16)20-11-21-18/h2-5,8-9,11H,6-7,10H2,1H3. The van der Waals surface area contributed by atoms with Gasteiger partial charge in [-0.15, -0.1) is 0 Å². The van der Waals surface area contributed by atoms with Crippen LogP contribution in [0, 0.1) is 0 Å². The Morgan fingerprint density at radius 1 is 1.09 bits per heavy atom. The third kappa shape index (κ3) is 2.65. The molecule has 116 valence electrons. The number of halogens is 1. The van der Waals surface area contributed by atoms with Crippen LogP contribution in [0.4, 0.5) is 5.82 Å². The molecule has 5 heteroatoms. The zero-order valence-corrected chi connectivity index (χ0v) is 14.4. The fraction of sp³-hybridized carbons (Fsp3) is 0.222. The molecule has 0 saturated heterocycles. The van der Waals surface area contributed by atoms with Crippen molar-refractivity contribution in [2.45, 2.75) is 13.0 Å². The van der Waals surface area contributed by atoms with Gasteiger partial charge in [-0.2, -0.15) is 0 Å². The van der Waals surface area contributed by atoms with Gasteiger partial charge in [0.1, 0.15) is 17.9 Å². The maximum Gasteiger partial charge on any atom is 0.140 e. The Labute approximate surface area is 143 Å². The van der Waals surface area contributed by atoms with E-state index in [-0.39, 0.29) is 0 Å². The summed E-state index contributed by atoms with van der Waals surface area (Å²) in [7, 11) is 1.71. The topological polar surface area (TPSA) is 38.2 Å². The molecule has 2 heterocycles. The van der Waals surface area contributed by atoms with Crippen LogP contribution in [0.2, 0.25) is 0 Å². The Bertz CT molecular complexity index is 881. The van der Waals surface area contributed by atoms with E-state index in [1.165, 1.54) is 11.1 Å². The first-order chi connectivity index (χ1) is 11.2. The minimum atomic E-state index is 0.838. The van der Waals surface area contributed by atoms with Crippen LogP contribution in [-0.4, -0.2) is 23.6 Å². The molecule has 0 unspecified atom stereocenters. The monoisotopic (exact) mass is 369 g/mol. The average molecular weight is 370 g/mol. The Hall–Kier alpha value is -2.14. The van der Waals surface area contributed by atoms with Crippen molar-refractivity contribution in [3.05, 3.63) is 58.3 Å². The van der Waals surface area contributed by atoms with Crippen molar-refractivity contribution in [1.82, 2.24) is 9.97 Å². The number of benzene rings is 2. The number of hydrogen-bond donors (Lipinski definition) is 0. The first kappa shape index (κ1) is 14.5. The summed E-state index contributed by atoms with van der Waals surface area (Å²) in [4.78, 5) is 11.2. The molecule has 0 bridgehead atoms. The van der Waals surface area contributed by atoms with Gasteiger partial charge in [0.15, 0.2) is 0 Å². The van der Waals surface area contributed by atoms with E-state index in [1.54, 1.807) is 13.4 Å². The van der Waals surface area contributed by atoms with E-state index in [1.807, 2.05) is 18.2 Å². The van der Waals surface area contributed by atoms with E-state index in [2.05, 4.69) is 49.0 Å². The Morgan fingerprint density at radius 3 is 2.87 bits per heavy atom. The molecule has 1 aromatic heterocycles. The quantitative estimate of drug-likeness (QED) is 0.685. The molecule has 0 radical (unpaired) electrons. The van der Waals surface area contributed by atoms with Gasteiger partial charge in [0, 0.05) is 22.9 Å². The molecule has 0 N–H and O–H groups in total. The molecule has 0 fully saturated rings. The van der Waals surface area contributed by atoms with E-state index < -0.39 is 0 Å². The normalized spacial score (nSPS) is 13.9. The van der Waals surface area contributed by atoms with Gasteiger partial charge in [0.25, 0.3) is 0 Å². The number of anilines is 1. The van der Waals surface area contributed by atoms with Crippen LogP contribution < -0.4 is 9.64 Å². The second kappa shape index (κ2) is 5.81. The summed E-state index contributed by atoms with van der Waals surface area (Å²) in [5.74, 6) is 1.89. The second-order valence-electron chi connectivity index (χ2n) is 5.66. The molecular formula is C18H16BrN3O. The lowest BCUT2D eigenvalue weighted by atomic mass is 9.99. The third-order valence-electron chi connectivity index (χ3n) is 4.30. The highest BCUT2D eigenvalue weighted by atomic mass is 79.9. The Morgan fingerprint density at radius 2 is 2.00 bits per heavy atom. The van der Waals surface area contributed by atoms with Gasteiger partial charge in [-0.3, -0.25) is 0 Å². The highest BCUT2D eigenvalue weighted by Gasteiger charge is 2.20. The summed E-state index contributed by atoms with van der Waals surface area (Å²) in [5.41, 5.74) is 3.66. The van der Waals surface area contributed by atoms with Crippen molar-refractivity contribution < 1.29 is 4.74 Å². The van der Waals surface area contributed by atoms with Crippen LogP contribution >= 0.6 is 15.9 Å². The third-order valence-corrected chi connectivity index (χ3v) is 4.79. The smallest absolute Gasteiger partial charge is 0.140 e. The van der Waals surface area contributed by atoms with Crippen LogP contribution in [0.5, 0.6) is 5.75 Å². The summed E-state index contributed by atoms with van der Waals surface area (Å²) < 4.78 is 6.40. The maximum absolute atomic E-state index is 5.36. The molecule has 1 aliphatic rings. The van der Waals surface area contributed by atoms with Crippen LogP contribution in [0.25, 0.3) is 10.9 Å². The molecule has 0 aliphatic carbocycles. The average Bonchev–Trinajstić information content (AvgIpc) is 2.60. The van der Waals surface area contributed by atoms with Gasteiger partial charge >= 0.3 is 0 Å². The van der Waals surface area contributed by atoms with Crippen molar-refractivity contribution in [1.29, 1.82) is 0 Å². The summed E-state index contributed by atoms with van der Waals surface area (Å²) in [6.45, 7) is 1.79. The van der Waals surface area contributed by atoms with Crippen molar-refractivity contribution in [3.8, 4) is 5.75 Å². The highest BCUT2D eigenvalue weighted by Crippen LogP contribution is 2.31. The van der Waals surface area contributed by atoms with Gasteiger partial charge in [-0.25, -0.2) is 9.97 Å². The summed E-state index contributed by atoms with van der Waals surface area (Å²) >= 11 is 3.54. The van der Waals surface area contributed by atoms with Crippen molar-refractivity contribution in [2.75, 3.05) is 18.6 Å². The lowest BCUT2D eigenvalue weighted by Gasteiger charge is -2.30. The first-order valence-electron chi connectivity index (χ1n) is 7.55. The molecule has 0 amide bonds. The SMILES string of the molecule is COc1ccc2c(c1)CN(c1ncnc3ccc(Br)cc13)CC2. The van der Waals surface area contributed by atoms with Crippen LogP contribution in [0.15, 0.2) is 47.2 Å². The number of ether oxygens (including phenoxy) is 1. The molecule has 0 atom stereocenters. The largest absolute Gasteiger partial charge is 0.497 e. The van der Waals surface area contributed by atoms with E-state index in [0.29, 0.717) is 0 Å².